The Morgan fingerprint density at radius 2 is 1.67 bits per heavy atom. The molecule has 226 valence electrons. The van der Waals surface area contributed by atoms with Crippen molar-refractivity contribution in [2.75, 3.05) is 19.8 Å². The van der Waals surface area contributed by atoms with E-state index in [0.717, 1.165) is 22.3 Å². The average Bonchev–Trinajstić information content (AvgIpc) is 3.55. The number of rotatable bonds is 11. The predicted molar refractivity (Wildman–Crippen MR) is 157 cm³/mol. The molecule has 0 radical (unpaired) electrons. The minimum Gasteiger partial charge on any atom is -0.459 e. The van der Waals surface area contributed by atoms with E-state index < -0.39 is 52.5 Å². The number of nitrogens with one attached hydrogen (secondary N) is 1. The molecule has 2 aromatic rings. The minimum absolute atomic E-state index is 0.0663. The summed E-state index contributed by atoms with van der Waals surface area (Å²) in [6.07, 6.45) is -0.962. The lowest BCUT2D eigenvalue weighted by atomic mass is 9.98. The Balaban J connectivity index is 1.36. The Kier molecular flexibility index (Phi) is 10.4. The van der Waals surface area contributed by atoms with Crippen molar-refractivity contribution in [3.63, 3.8) is 0 Å². The van der Waals surface area contributed by atoms with Gasteiger partial charge in [0.15, 0.2) is 12.4 Å². The summed E-state index contributed by atoms with van der Waals surface area (Å²) in [4.78, 5) is 38.2. The smallest absolute Gasteiger partial charge is 0.407 e. The molecular formula is C30H32Cl3NO8. The third-order valence-corrected chi connectivity index (χ3v) is 7.18. The normalized spacial score (nSPS) is 18.9. The molecule has 4 rings (SSSR count). The second kappa shape index (κ2) is 13.7. The van der Waals surface area contributed by atoms with E-state index in [4.69, 9.17) is 58.5 Å². The summed E-state index contributed by atoms with van der Waals surface area (Å²) in [7, 11) is 0. The number of hydrogen-bond acceptors (Lipinski definition) is 8. The Bertz CT molecular complexity index is 1270. The molecule has 3 atom stereocenters. The molecule has 0 saturated carbocycles. The highest BCUT2D eigenvalue weighted by atomic mass is 35.6. The molecule has 1 fully saturated rings. The SMILES string of the molecule is C=CC(C)(C)OC(=O)C(CCC1OC[C@@H](C(=O)OCC(Cl)(Cl)Cl)O1)NC(=O)OCC1c2ccccc2-c2ccccc21. The first-order valence-corrected chi connectivity index (χ1v) is 14.5. The molecule has 9 nitrogen and oxygen atoms in total. The topological polar surface area (TPSA) is 109 Å². The maximum atomic E-state index is 13.1. The van der Waals surface area contributed by atoms with E-state index in [-0.39, 0.29) is 32.0 Å². The van der Waals surface area contributed by atoms with Crippen LogP contribution in [0.5, 0.6) is 0 Å². The zero-order valence-corrected chi connectivity index (χ0v) is 25.4. The standard InChI is InChI=1S/C30H32Cl3NO8/c1-4-29(2,3)42-26(35)23(13-14-25-38-16-24(41-25)27(36)40-17-30(31,32)33)34-28(37)39-15-22-20-11-7-5-9-18(20)19-10-6-8-12-21(19)22/h4-12,22-25H,1,13-17H2,2-3H3,(H,34,37)/t23?,24-,25?/m0/s1. The van der Waals surface area contributed by atoms with Gasteiger partial charge in [0.1, 0.15) is 24.9 Å². The highest BCUT2D eigenvalue weighted by Gasteiger charge is 2.36. The highest BCUT2D eigenvalue weighted by molar-refractivity contribution is 6.67. The van der Waals surface area contributed by atoms with Gasteiger partial charge in [0, 0.05) is 12.3 Å². The van der Waals surface area contributed by atoms with E-state index in [0.29, 0.717) is 0 Å². The Morgan fingerprint density at radius 1 is 1.05 bits per heavy atom. The second-order valence-electron chi connectivity index (χ2n) is 10.4. The van der Waals surface area contributed by atoms with Crippen LogP contribution in [0, 0.1) is 0 Å². The number of esters is 2. The van der Waals surface area contributed by atoms with Crippen molar-refractivity contribution in [1.82, 2.24) is 5.32 Å². The van der Waals surface area contributed by atoms with Crippen LogP contribution in [0.4, 0.5) is 4.79 Å². The third-order valence-electron chi connectivity index (χ3n) is 6.86. The molecule has 1 aliphatic heterocycles. The van der Waals surface area contributed by atoms with Gasteiger partial charge >= 0.3 is 18.0 Å². The summed E-state index contributed by atoms with van der Waals surface area (Å²) in [6.45, 7) is 6.56. The number of carbonyl (C=O) groups excluding carboxylic acids is 3. The van der Waals surface area contributed by atoms with Gasteiger partial charge in [0.2, 0.25) is 3.79 Å². The quantitative estimate of drug-likeness (QED) is 0.141. The summed E-state index contributed by atoms with van der Waals surface area (Å²) in [5.41, 5.74) is 3.35. The molecule has 0 spiro atoms. The number of benzene rings is 2. The summed E-state index contributed by atoms with van der Waals surface area (Å²) >= 11 is 16.8. The first-order valence-electron chi connectivity index (χ1n) is 13.4. The van der Waals surface area contributed by atoms with Gasteiger partial charge in [-0.05, 0) is 48.6 Å². The van der Waals surface area contributed by atoms with Crippen LogP contribution in [-0.2, 0) is 33.3 Å². The summed E-state index contributed by atoms with van der Waals surface area (Å²) in [5, 5.41) is 2.61. The summed E-state index contributed by atoms with van der Waals surface area (Å²) in [6, 6.07) is 14.9. The van der Waals surface area contributed by atoms with Crippen molar-refractivity contribution >= 4 is 52.8 Å². The van der Waals surface area contributed by atoms with Crippen LogP contribution in [-0.4, -0.2) is 65.7 Å². The first kappa shape index (κ1) is 32.1. The number of carbonyl (C=O) groups is 3. The molecule has 1 heterocycles. The van der Waals surface area contributed by atoms with Crippen molar-refractivity contribution < 1.29 is 38.1 Å². The number of ether oxygens (including phenoxy) is 5. The minimum atomic E-state index is -1.76. The van der Waals surface area contributed by atoms with E-state index >= 15 is 0 Å². The zero-order chi connectivity index (χ0) is 30.5. The lowest BCUT2D eigenvalue weighted by molar-refractivity contribution is -0.159. The van der Waals surface area contributed by atoms with Crippen LogP contribution in [0.3, 0.4) is 0 Å². The van der Waals surface area contributed by atoms with E-state index in [2.05, 4.69) is 11.9 Å². The van der Waals surface area contributed by atoms with Crippen LogP contribution in [0.15, 0.2) is 61.2 Å². The van der Waals surface area contributed by atoms with E-state index in [1.54, 1.807) is 13.8 Å². The molecule has 42 heavy (non-hydrogen) atoms. The molecule has 2 unspecified atom stereocenters. The van der Waals surface area contributed by atoms with Gasteiger partial charge in [-0.25, -0.2) is 14.4 Å². The van der Waals surface area contributed by atoms with Crippen LogP contribution in [0.1, 0.15) is 43.7 Å². The molecule has 2 aromatic carbocycles. The van der Waals surface area contributed by atoms with Crippen molar-refractivity contribution in [1.29, 1.82) is 0 Å². The molecule has 2 aliphatic rings. The molecule has 0 aromatic heterocycles. The number of alkyl carbamates (subject to hydrolysis) is 1. The molecule has 1 aliphatic carbocycles. The van der Waals surface area contributed by atoms with Crippen molar-refractivity contribution in [3.8, 4) is 11.1 Å². The number of hydrogen-bond donors (Lipinski definition) is 1. The molecule has 12 heteroatoms. The second-order valence-corrected chi connectivity index (χ2v) is 13.0. The zero-order valence-electron chi connectivity index (χ0n) is 23.1. The van der Waals surface area contributed by atoms with Gasteiger partial charge in [0.25, 0.3) is 0 Å². The Morgan fingerprint density at radius 3 is 2.26 bits per heavy atom. The maximum absolute atomic E-state index is 13.1. The van der Waals surface area contributed by atoms with Crippen LogP contribution in [0.2, 0.25) is 0 Å². The van der Waals surface area contributed by atoms with E-state index in [9.17, 15) is 14.4 Å². The molecular weight excluding hydrogens is 609 g/mol. The predicted octanol–water partition coefficient (Wildman–Crippen LogP) is 5.84. The maximum Gasteiger partial charge on any atom is 0.407 e. The van der Waals surface area contributed by atoms with Gasteiger partial charge in [-0.1, -0.05) is 89.9 Å². The monoisotopic (exact) mass is 639 g/mol. The Labute approximate surface area is 259 Å². The average molecular weight is 641 g/mol. The van der Waals surface area contributed by atoms with Crippen molar-refractivity contribution in [2.45, 2.75) is 60.4 Å². The lowest BCUT2D eigenvalue weighted by Crippen LogP contribution is -2.45. The fraction of sp³-hybridized carbons (Fsp3) is 0.433. The summed E-state index contributed by atoms with van der Waals surface area (Å²) < 4.78 is 25.4. The van der Waals surface area contributed by atoms with E-state index in [1.807, 2.05) is 48.5 Å². The van der Waals surface area contributed by atoms with Gasteiger partial charge in [-0.2, -0.15) is 0 Å². The van der Waals surface area contributed by atoms with Crippen molar-refractivity contribution in [2.24, 2.45) is 0 Å². The Hall–Kier alpha value is -2.82. The van der Waals surface area contributed by atoms with E-state index in [1.165, 1.54) is 6.08 Å². The fourth-order valence-electron chi connectivity index (χ4n) is 4.68. The highest BCUT2D eigenvalue weighted by Crippen LogP contribution is 2.44. The van der Waals surface area contributed by atoms with Gasteiger partial charge in [0.05, 0.1) is 6.61 Å². The van der Waals surface area contributed by atoms with Gasteiger partial charge < -0.3 is 29.0 Å². The molecule has 1 saturated heterocycles. The van der Waals surface area contributed by atoms with Crippen molar-refractivity contribution in [3.05, 3.63) is 72.3 Å². The summed E-state index contributed by atoms with van der Waals surface area (Å²) in [5.74, 6) is -1.58. The molecule has 1 N–H and O–H groups in total. The fourth-order valence-corrected chi connectivity index (χ4v) is 4.85. The lowest BCUT2D eigenvalue weighted by Gasteiger charge is -2.25. The van der Waals surface area contributed by atoms with Crippen LogP contribution >= 0.6 is 34.8 Å². The first-order chi connectivity index (χ1) is 19.9. The molecule has 0 bridgehead atoms. The number of alkyl halides is 3. The third kappa shape index (κ3) is 8.39. The number of fused-ring (bicyclic) bond motifs is 3. The number of amides is 1. The largest absolute Gasteiger partial charge is 0.459 e. The van der Waals surface area contributed by atoms with Gasteiger partial charge in [-0.3, -0.25) is 0 Å². The molecule has 1 amide bonds. The number of halogens is 3. The van der Waals surface area contributed by atoms with Crippen LogP contribution < -0.4 is 5.32 Å². The van der Waals surface area contributed by atoms with Crippen LogP contribution in [0.25, 0.3) is 11.1 Å². The van der Waals surface area contributed by atoms with Gasteiger partial charge in [-0.15, -0.1) is 0 Å².